The molecule has 1 aromatic carbocycles. The first-order valence-electron chi connectivity index (χ1n) is 9.49. The predicted molar refractivity (Wildman–Crippen MR) is 105 cm³/mol. The number of amides is 1. The van der Waals surface area contributed by atoms with E-state index in [2.05, 4.69) is 15.5 Å². The van der Waals surface area contributed by atoms with Crippen molar-refractivity contribution < 1.29 is 4.79 Å². The number of hydrogen-bond donors (Lipinski definition) is 0. The molecule has 1 heterocycles. The zero-order chi connectivity index (χ0) is 18.2. The number of aromatic nitrogens is 4. The summed E-state index contributed by atoms with van der Waals surface area (Å²) >= 11 is 1.73. The highest BCUT2D eigenvalue weighted by molar-refractivity contribution is 7.98. The van der Waals surface area contributed by atoms with Crippen LogP contribution in [-0.2, 0) is 10.5 Å². The van der Waals surface area contributed by atoms with E-state index in [1.807, 2.05) is 46.8 Å². The van der Waals surface area contributed by atoms with Crippen LogP contribution in [0, 0.1) is 0 Å². The molecule has 0 saturated heterocycles. The molecule has 0 N–H and O–H groups in total. The third-order valence-corrected chi connectivity index (χ3v) is 5.81. The maximum atomic E-state index is 12.5. The predicted octanol–water partition coefficient (Wildman–Crippen LogP) is 3.85. The molecule has 0 atom stereocenters. The molecule has 1 amide bonds. The zero-order valence-electron chi connectivity index (χ0n) is 15.4. The van der Waals surface area contributed by atoms with Crippen molar-refractivity contribution in [1.29, 1.82) is 0 Å². The second kappa shape index (κ2) is 9.71. The van der Waals surface area contributed by atoms with Crippen molar-refractivity contribution in [2.75, 3.05) is 17.2 Å². The Morgan fingerprint density at radius 3 is 2.73 bits per heavy atom. The van der Waals surface area contributed by atoms with Gasteiger partial charge < -0.3 is 4.90 Å². The Morgan fingerprint density at radius 1 is 1.23 bits per heavy atom. The largest absolute Gasteiger partial charge is 0.313 e. The first-order valence-corrected chi connectivity index (χ1v) is 10.6. The van der Waals surface area contributed by atoms with Crippen LogP contribution in [-0.4, -0.2) is 38.4 Å². The lowest BCUT2D eigenvalue weighted by Crippen LogP contribution is -2.30. The highest BCUT2D eigenvalue weighted by Crippen LogP contribution is 2.28. The fourth-order valence-corrected chi connectivity index (χ4v) is 4.32. The molecule has 1 aromatic heterocycles. The lowest BCUT2D eigenvalue weighted by Gasteiger charge is -2.22. The standard InChI is InChI=1S/C19H27N5OS/c1-2-23(16-9-5-3-6-10-16)19(25)13-14-26-15-18-20-21-22-24(18)17-11-7-4-8-12-17/h3,5-6,9-10,17H,2,4,7-8,11-15H2,1H3. The molecular weight excluding hydrogens is 346 g/mol. The molecule has 1 aliphatic carbocycles. The summed E-state index contributed by atoms with van der Waals surface area (Å²) < 4.78 is 2.01. The van der Waals surface area contributed by atoms with Crippen molar-refractivity contribution in [3.05, 3.63) is 36.2 Å². The Hall–Kier alpha value is -1.89. The number of benzene rings is 1. The van der Waals surface area contributed by atoms with Gasteiger partial charge in [-0.3, -0.25) is 4.79 Å². The molecule has 3 rings (SSSR count). The lowest BCUT2D eigenvalue weighted by atomic mass is 9.96. The first kappa shape index (κ1) is 18.9. The van der Waals surface area contributed by atoms with Crippen LogP contribution in [0.15, 0.2) is 30.3 Å². The minimum atomic E-state index is 0.165. The second-order valence-electron chi connectivity index (χ2n) is 6.61. The van der Waals surface area contributed by atoms with E-state index in [4.69, 9.17) is 0 Å². The van der Waals surface area contributed by atoms with Gasteiger partial charge in [0.15, 0.2) is 5.82 Å². The van der Waals surface area contributed by atoms with E-state index in [0.29, 0.717) is 19.0 Å². The summed E-state index contributed by atoms with van der Waals surface area (Å²) in [4.78, 5) is 14.4. The minimum Gasteiger partial charge on any atom is -0.313 e. The number of carbonyl (C=O) groups excluding carboxylic acids is 1. The lowest BCUT2D eigenvalue weighted by molar-refractivity contribution is -0.118. The molecule has 1 saturated carbocycles. The van der Waals surface area contributed by atoms with Crippen LogP contribution in [0.1, 0.15) is 57.3 Å². The Labute approximate surface area is 159 Å². The highest BCUT2D eigenvalue weighted by Gasteiger charge is 2.20. The fourth-order valence-electron chi connectivity index (χ4n) is 3.49. The number of carbonyl (C=O) groups is 1. The van der Waals surface area contributed by atoms with Crippen molar-refractivity contribution in [3.8, 4) is 0 Å². The average Bonchev–Trinajstić information content (AvgIpc) is 3.16. The number of rotatable bonds is 8. The topological polar surface area (TPSA) is 63.9 Å². The van der Waals surface area contributed by atoms with E-state index < -0.39 is 0 Å². The van der Waals surface area contributed by atoms with E-state index in [0.717, 1.165) is 23.0 Å². The van der Waals surface area contributed by atoms with Gasteiger partial charge in [-0.15, -0.1) is 5.10 Å². The molecular formula is C19H27N5OS. The quantitative estimate of drug-likeness (QED) is 0.658. The minimum absolute atomic E-state index is 0.165. The molecule has 2 aromatic rings. The van der Waals surface area contributed by atoms with Crippen molar-refractivity contribution in [2.45, 2.75) is 57.2 Å². The fraction of sp³-hybridized carbons (Fsp3) is 0.579. The molecule has 1 aliphatic rings. The van der Waals surface area contributed by atoms with Crippen LogP contribution in [0.5, 0.6) is 0 Å². The number of nitrogens with zero attached hydrogens (tertiary/aromatic N) is 5. The van der Waals surface area contributed by atoms with Crippen molar-refractivity contribution >= 4 is 23.4 Å². The Kier molecular flexibility index (Phi) is 7.05. The number of hydrogen-bond acceptors (Lipinski definition) is 5. The summed E-state index contributed by atoms with van der Waals surface area (Å²) in [5.74, 6) is 2.64. The van der Waals surface area contributed by atoms with E-state index in [9.17, 15) is 4.79 Å². The third-order valence-electron chi connectivity index (χ3n) is 4.86. The average molecular weight is 374 g/mol. The monoisotopic (exact) mass is 373 g/mol. The Morgan fingerprint density at radius 2 is 2.00 bits per heavy atom. The normalized spacial score (nSPS) is 15.1. The molecule has 26 heavy (non-hydrogen) atoms. The summed E-state index contributed by atoms with van der Waals surface area (Å²) in [6.07, 6.45) is 6.71. The molecule has 6 nitrogen and oxygen atoms in total. The number of anilines is 1. The Bertz CT molecular complexity index is 684. The smallest absolute Gasteiger partial charge is 0.227 e. The van der Waals surface area contributed by atoms with E-state index in [-0.39, 0.29) is 5.91 Å². The van der Waals surface area contributed by atoms with Crippen molar-refractivity contribution in [2.24, 2.45) is 0 Å². The third kappa shape index (κ3) is 4.84. The van der Waals surface area contributed by atoms with Gasteiger partial charge in [0, 0.05) is 24.4 Å². The molecule has 0 spiro atoms. The molecule has 1 fully saturated rings. The van der Waals surface area contributed by atoms with E-state index >= 15 is 0 Å². The highest BCUT2D eigenvalue weighted by atomic mass is 32.2. The van der Waals surface area contributed by atoms with E-state index in [1.54, 1.807) is 11.8 Å². The molecule has 0 aliphatic heterocycles. The van der Waals surface area contributed by atoms with Crippen LogP contribution >= 0.6 is 11.8 Å². The van der Waals surface area contributed by atoms with Gasteiger partial charge in [0.25, 0.3) is 0 Å². The van der Waals surface area contributed by atoms with E-state index in [1.165, 1.54) is 32.1 Å². The molecule has 0 unspecified atom stereocenters. The van der Waals surface area contributed by atoms with Crippen molar-refractivity contribution in [3.63, 3.8) is 0 Å². The maximum absolute atomic E-state index is 12.5. The molecule has 0 radical (unpaired) electrons. The van der Waals surface area contributed by atoms with Gasteiger partial charge in [0.2, 0.25) is 5.91 Å². The maximum Gasteiger partial charge on any atom is 0.227 e. The SMILES string of the molecule is CCN(C(=O)CCSCc1nnnn1C1CCCCC1)c1ccccc1. The summed E-state index contributed by atoms with van der Waals surface area (Å²) in [5, 5.41) is 12.3. The van der Waals surface area contributed by atoms with Gasteiger partial charge in [-0.1, -0.05) is 37.5 Å². The van der Waals surface area contributed by atoms with Gasteiger partial charge in [-0.25, -0.2) is 4.68 Å². The van der Waals surface area contributed by atoms with Gasteiger partial charge >= 0.3 is 0 Å². The zero-order valence-corrected chi connectivity index (χ0v) is 16.2. The van der Waals surface area contributed by atoms with Gasteiger partial charge in [0.05, 0.1) is 11.8 Å². The second-order valence-corrected chi connectivity index (χ2v) is 7.71. The number of thioether (sulfide) groups is 1. The van der Waals surface area contributed by atoms with Crippen LogP contribution in [0.4, 0.5) is 5.69 Å². The summed E-state index contributed by atoms with van der Waals surface area (Å²) in [5.41, 5.74) is 0.964. The van der Waals surface area contributed by atoms with Crippen molar-refractivity contribution in [1.82, 2.24) is 20.2 Å². The summed E-state index contributed by atoms with van der Waals surface area (Å²) in [6.45, 7) is 2.70. The summed E-state index contributed by atoms with van der Waals surface area (Å²) in [6, 6.07) is 10.3. The Balaban J connectivity index is 1.47. The van der Waals surface area contributed by atoms with Gasteiger partial charge in [0.1, 0.15) is 0 Å². The van der Waals surface area contributed by atoms with Gasteiger partial charge in [-0.05, 0) is 42.3 Å². The summed E-state index contributed by atoms with van der Waals surface area (Å²) in [7, 11) is 0. The van der Waals surface area contributed by atoms with Gasteiger partial charge in [-0.2, -0.15) is 11.8 Å². The van der Waals surface area contributed by atoms with Crippen LogP contribution in [0.25, 0.3) is 0 Å². The first-order chi connectivity index (χ1) is 12.8. The van der Waals surface area contributed by atoms with Crippen LogP contribution in [0.2, 0.25) is 0 Å². The number of tetrazole rings is 1. The molecule has 7 heteroatoms. The molecule has 0 bridgehead atoms. The number of para-hydroxylation sites is 1. The van der Waals surface area contributed by atoms with Crippen LogP contribution < -0.4 is 4.90 Å². The van der Waals surface area contributed by atoms with Crippen LogP contribution in [0.3, 0.4) is 0 Å². The molecule has 140 valence electrons.